The lowest BCUT2D eigenvalue weighted by Crippen LogP contribution is -2.41. The van der Waals surface area contributed by atoms with Crippen molar-refractivity contribution < 1.29 is 19.4 Å². The molecule has 4 N–H and O–H groups in total. The molecule has 2 amide bonds. The van der Waals surface area contributed by atoms with Crippen LogP contribution in [0.1, 0.15) is 33.6 Å². The van der Waals surface area contributed by atoms with Gasteiger partial charge in [-0.25, -0.2) is 4.79 Å². The molecule has 94 valence electrons. The highest BCUT2D eigenvalue weighted by atomic mass is 16.6. The molecule has 0 aromatic carbocycles. The Balaban J connectivity index is 4.02. The predicted molar refractivity (Wildman–Crippen MR) is 58.7 cm³/mol. The summed E-state index contributed by atoms with van der Waals surface area (Å²) in [6, 6.07) is -0.512. The van der Waals surface area contributed by atoms with E-state index >= 15 is 0 Å². The van der Waals surface area contributed by atoms with Gasteiger partial charge in [-0.15, -0.1) is 0 Å². The van der Waals surface area contributed by atoms with Gasteiger partial charge in [0, 0.05) is 6.42 Å². The molecule has 6 heteroatoms. The number of amides is 2. The zero-order valence-corrected chi connectivity index (χ0v) is 9.95. The quantitative estimate of drug-likeness (QED) is 0.627. The first kappa shape index (κ1) is 14.7. The molecule has 0 unspecified atom stereocenters. The first-order chi connectivity index (χ1) is 7.24. The maximum Gasteiger partial charge on any atom is 0.407 e. The van der Waals surface area contributed by atoms with Crippen molar-refractivity contribution >= 4 is 12.0 Å². The van der Waals surface area contributed by atoms with Crippen molar-refractivity contribution in [2.75, 3.05) is 6.61 Å². The first-order valence-corrected chi connectivity index (χ1v) is 5.13. The van der Waals surface area contributed by atoms with Crippen LogP contribution < -0.4 is 11.1 Å². The van der Waals surface area contributed by atoms with Crippen LogP contribution in [0.4, 0.5) is 4.79 Å². The third-order valence-corrected chi connectivity index (χ3v) is 1.68. The number of nitrogens with two attached hydrogens (primary N) is 1. The summed E-state index contributed by atoms with van der Waals surface area (Å²) in [5.41, 5.74) is 4.37. The highest BCUT2D eigenvalue weighted by molar-refractivity contribution is 5.74. The van der Waals surface area contributed by atoms with Crippen molar-refractivity contribution in [3.05, 3.63) is 0 Å². The average molecular weight is 232 g/mol. The lowest BCUT2D eigenvalue weighted by Gasteiger charge is -2.22. The largest absolute Gasteiger partial charge is 0.444 e. The van der Waals surface area contributed by atoms with Crippen LogP contribution in [0, 0.1) is 0 Å². The smallest absolute Gasteiger partial charge is 0.407 e. The summed E-state index contributed by atoms with van der Waals surface area (Å²) in [6.07, 6.45) is -0.206. The summed E-state index contributed by atoms with van der Waals surface area (Å²) in [4.78, 5) is 21.8. The van der Waals surface area contributed by atoms with Crippen molar-refractivity contribution in [2.24, 2.45) is 5.73 Å². The monoisotopic (exact) mass is 232 g/mol. The molecule has 0 saturated carbocycles. The molecule has 0 spiro atoms. The molecular weight excluding hydrogens is 212 g/mol. The Morgan fingerprint density at radius 3 is 2.38 bits per heavy atom. The van der Waals surface area contributed by atoms with E-state index in [9.17, 15) is 9.59 Å². The van der Waals surface area contributed by atoms with Crippen LogP contribution in [0.3, 0.4) is 0 Å². The van der Waals surface area contributed by atoms with E-state index in [4.69, 9.17) is 15.6 Å². The standard InChI is InChI=1S/C10H20N2O4/c1-10(2,3)16-9(15)12-7(6-13)4-5-8(11)14/h7,13H,4-6H2,1-3H3,(H2,11,14)(H,12,15)/t7-/m1/s1. The fourth-order valence-corrected chi connectivity index (χ4v) is 1.000. The van der Waals surface area contributed by atoms with Gasteiger partial charge in [0.15, 0.2) is 0 Å². The number of hydrogen-bond acceptors (Lipinski definition) is 4. The second-order valence-corrected chi connectivity index (χ2v) is 4.53. The average Bonchev–Trinajstić information content (AvgIpc) is 2.08. The normalized spacial score (nSPS) is 13.0. The number of ether oxygens (including phenoxy) is 1. The molecule has 6 nitrogen and oxygen atoms in total. The van der Waals surface area contributed by atoms with Crippen LogP contribution in [0.2, 0.25) is 0 Å². The molecule has 0 rings (SSSR count). The van der Waals surface area contributed by atoms with E-state index in [1.807, 2.05) is 0 Å². The molecule has 0 saturated heterocycles. The van der Waals surface area contributed by atoms with E-state index in [2.05, 4.69) is 5.32 Å². The molecule has 1 atom stereocenters. The number of rotatable bonds is 5. The van der Waals surface area contributed by atoms with E-state index in [0.29, 0.717) is 6.42 Å². The Hall–Kier alpha value is -1.30. The molecule has 0 aliphatic heterocycles. The SMILES string of the molecule is CC(C)(C)OC(=O)N[C@@H](CO)CCC(N)=O. The third-order valence-electron chi connectivity index (χ3n) is 1.68. The molecule has 0 aliphatic rings. The molecule has 0 aliphatic carbocycles. The summed E-state index contributed by atoms with van der Waals surface area (Å²) in [6.45, 7) is 4.96. The second kappa shape index (κ2) is 6.32. The minimum atomic E-state index is -0.615. The Bertz CT molecular complexity index is 248. The Morgan fingerprint density at radius 2 is 2.00 bits per heavy atom. The molecule has 16 heavy (non-hydrogen) atoms. The van der Waals surface area contributed by atoms with Gasteiger partial charge in [0.05, 0.1) is 12.6 Å². The summed E-state index contributed by atoms with van der Waals surface area (Å²) < 4.78 is 5.00. The molecule has 0 aromatic heterocycles. The van der Waals surface area contributed by atoms with Gasteiger partial charge in [0.1, 0.15) is 5.60 Å². The van der Waals surface area contributed by atoms with Gasteiger partial charge in [-0.3, -0.25) is 4.79 Å². The van der Waals surface area contributed by atoms with Crippen molar-refractivity contribution in [3.8, 4) is 0 Å². The van der Waals surface area contributed by atoms with E-state index in [1.165, 1.54) is 0 Å². The number of aliphatic hydroxyl groups excluding tert-OH is 1. The summed E-state index contributed by atoms with van der Waals surface area (Å²) in [5, 5.41) is 11.4. The predicted octanol–water partition coefficient (Wildman–Crippen LogP) is 0.138. The molecular formula is C10H20N2O4. The highest BCUT2D eigenvalue weighted by Gasteiger charge is 2.19. The molecule has 0 heterocycles. The van der Waals surface area contributed by atoms with E-state index in [1.54, 1.807) is 20.8 Å². The van der Waals surface area contributed by atoms with Crippen molar-refractivity contribution in [2.45, 2.75) is 45.3 Å². The summed E-state index contributed by atoms with van der Waals surface area (Å²) in [5.74, 6) is -0.468. The van der Waals surface area contributed by atoms with E-state index < -0.39 is 23.6 Å². The van der Waals surface area contributed by atoms with Crippen LogP contribution in [-0.4, -0.2) is 35.4 Å². The van der Waals surface area contributed by atoms with Crippen molar-refractivity contribution in [3.63, 3.8) is 0 Å². The molecule has 0 fully saturated rings. The fourth-order valence-electron chi connectivity index (χ4n) is 1.000. The second-order valence-electron chi connectivity index (χ2n) is 4.53. The Kier molecular flexibility index (Phi) is 5.81. The van der Waals surface area contributed by atoms with Crippen LogP contribution >= 0.6 is 0 Å². The Morgan fingerprint density at radius 1 is 1.44 bits per heavy atom. The third kappa shape index (κ3) is 8.05. The Labute approximate surface area is 95.1 Å². The minimum Gasteiger partial charge on any atom is -0.444 e. The minimum absolute atomic E-state index is 0.112. The van der Waals surface area contributed by atoms with Crippen LogP contribution in [-0.2, 0) is 9.53 Å². The molecule has 0 bridgehead atoms. The number of aliphatic hydroxyl groups is 1. The first-order valence-electron chi connectivity index (χ1n) is 5.13. The van der Waals surface area contributed by atoms with Gasteiger partial charge in [-0.05, 0) is 27.2 Å². The van der Waals surface area contributed by atoms with Gasteiger partial charge in [-0.2, -0.15) is 0 Å². The lowest BCUT2D eigenvalue weighted by molar-refractivity contribution is -0.118. The van der Waals surface area contributed by atoms with Gasteiger partial charge in [0.25, 0.3) is 0 Å². The zero-order chi connectivity index (χ0) is 12.8. The molecule has 0 radical (unpaired) electrons. The number of carbonyl (C=O) groups is 2. The number of hydrogen-bond donors (Lipinski definition) is 3. The highest BCUT2D eigenvalue weighted by Crippen LogP contribution is 2.07. The van der Waals surface area contributed by atoms with Crippen molar-refractivity contribution in [1.29, 1.82) is 0 Å². The van der Waals surface area contributed by atoms with Crippen LogP contribution in [0.5, 0.6) is 0 Å². The number of primary amides is 1. The van der Waals surface area contributed by atoms with E-state index in [0.717, 1.165) is 0 Å². The van der Waals surface area contributed by atoms with Gasteiger partial charge < -0.3 is 20.9 Å². The number of alkyl carbamates (subject to hydrolysis) is 1. The maximum absolute atomic E-state index is 11.3. The maximum atomic E-state index is 11.3. The van der Waals surface area contributed by atoms with Gasteiger partial charge >= 0.3 is 6.09 Å². The fraction of sp³-hybridized carbons (Fsp3) is 0.800. The number of nitrogens with one attached hydrogen (secondary N) is 1. The lowest BCUT2D eigenvalue weighted by atomic mass is 10.1. The van der Waals surface area contributed by atoms with E-state index in [-0.39, 0.29) is 13.0 Å². The van der Waals surface area contributed by atoms with Crippen LogP contribution in [0.15, 0.2) is 0 Å². The summed E-state index contributed by atoms with van der Waals surface area (Å²) in [7, 11) is 0. The van der Waals surface area contributed by atoms with Gasteiger partial charge in [0.2, 0.25) is 5.91 Å². The van der Waals surface area contributed by atoms with Crippen LogP contribution in [0.25, 0.3) is 0 Å². The summed E-state index contributed by atoms with van der Waals surface area (Å²) >= 11 is 0. The molecule has 0 aromatic rings. The number of carbonyl (C=O) groups excluding carboxylic acids is 2. The van der Waals surface area contributed by atoms with Crippen molar-refractivity contribution in [1.82, 2.24) is 5.32 Å². The van der Waals surface area contributed by atoms with Gasteiger partial charge in [-0.1, -0.05) is 0 Å². The zero-order valence-electron chi connectivity index (χ0n) is 9.95. The topological polar surface area (TPSA) is 102 Å².